The first kappa shape index (κ1) is 16.1. The topological polar surface area (TPSA) is 68.6 Å². The quantitative estimate of drug-likeness (QED) is 0.731. The van der Waals surface area contributed by atoms with Crippen LogP contribution in [0.3, 0.4) is 0 Å². The normalized spacial score (nSPS) is 17.0. The molecule has 1 saturated heterocycles. The Morgan fingerprint density at radius 2 is 2.24 bits per heavy atom. The van der Waals surface area contributed by atoms with Crippen LogP contribution in [0.15, 0.2) is 30.5 Å². The summed E-state index contributed by atoms with van der Waals surface area (Å²) in [5.74, 6) is 0.464. The molecule has 1 N–H and O–H groups in total. The van der Waals surface area contributed by atoms with Gasteiger partial charge in [-0.15, -0.1) is 0 Å². The van der Waals surface area contributed by atoms with Crippen LogP contribution in [-0.4, -0.2) is 20.9 Å². The smallest absolute Gasteiger partial charge is 0.162 e. The Labute approximate surface area is 152 Å². The molecule has 1 aliphatic heterocycles. The highest BCUT2D eigenvalue weighted by atomic mass is 35.5. The van der Waals surface area contributed by atoms with Crippen molar-refractivity contribution in [3.8, 4) is 17.3 Å². The largest absolute Gasteiger partial charge is 0.351 e. The Morgan fingerprint density at radius 1 is 1.40 bits per heavy atom. The summed E-state index contributed by atoms with van der Waals surface area (Å²) in [6, 6.07) is 8.71. The maximum absolute atomic E-state index is 14.0. The van der Waals surface area contributed by atoms with Crippen LogP contribution in [0.2, 0.25) is 5.15 Å². The van der Waals surface area contributed by atoms with E-state index in [0.29, 0.717) is 16.8 Å². The van der Waals surface area contributed by atoms with Crippen molar-refractivity contribution in [2.45, 2.75) is 18.9 Å². The van der Waals surface area contributed by atoms with Crippen molar-refractivity contribution in [1.82, 2.24) is 14.3 Å². The lowest BCUT2D eigenvalue weighted by Crippen LogP contribution is -2.23. The Kier molecular flexibility index (Phi) is 4.15. The fraction of sp³-hybridized carbons (Fsp3) is 0.235. The Balaban J connectivity index is 1.68. The van der Waals surface area contributed by atoms with E-state index in [0.717, 1.165) is 30.2 Å². The Bertz CT molecular complexity index is 960. The number of anilines is 1. The van der Waals surface area contributed by atoms with Crippen molar-refractivity contribution in [3.05, 3.63) is 52.8 Å². The highest BCUT2D eigenvalue weighted by molar-refractivity contribution is 7.10. The van der Waals surface area contributed by atoms with Crippen LogP contribution < -0.4 is 4.90 Å². The minimum absolute atomic E-state index is 0.0101. The SMILES string of the molecule is N#Cc1c(Cl)nsc1N1CCCC1c1ncc(-c2ccccc2F)[nH]1. The lowest BCUT2D eigenvalue weighted by Gasteiger charge is -2.23. The third-order valence-corrected chi connectivity index (χ3v) is 5.59. The second-order valence-electron chi connectivity index (χ2n) is 5.78. The summed E-state index contributed by atoms with van der Waals surface area (Å²) in [5, 5.41) is 10.3. The summed E-state index contributed by atoms with van der Waals surface area (Å²) < 4.78 is 18.1. The number of H-pyrrole nitrogens is 1. The van der Waals surface area contributed by atoms with Gasteiger partial charge in [0.2, 0.25) is 0 Å². The first-order valence-electron chi connectivity index (χ1n) is 7.80. The first-order valence-corrected chi connectivity index (χ1v) is 8.96. The molecule has 0 spiro atoms. The number of halogens is 2. The third kappa shape index (κ3) is 2.77. The standard InChI is InChI=1S/C17H13ClFN5S/c18-15-11(8-20)17(25-23-15)24-7-3-6-14(24)16-21-9-13(22-16)10-4-1-2-5-12(10)19/h1-2,4-5,9,14H,3,6-7H2,(H,21,22). The second kappa shape index (κ2) is 6.47. The minimum Gasteiger partial charge on any atom is -0.351 e. The zero-order chi connectivity index (χ0) is 17.4. The van der Waals surface area contributed by atoms with Crippen LogP contribution in [-0.2, 0) is 0 Å². The molecule has 0 saturated carbocycles. The molecule has 25 heavy (non-hydrogen) atoms. The molecule has 1 fully saturated rings. The van der Waals surface area contributed by atoms with Crippen LogP contribution >= 0.6 is 23.1 Å². The van der Waals surface area contributed by atoms with Crippen LogP contribution in [0, 0.1) is 17.1 Å². The molecule has 126 valence electrons. The second-order valence-corrected chi connectivity index (χ2v) is 6.89. The summed E-state index contributed by atoms with van der Waals surface area (Å²) in [4.78, 5) is 9.79. The third-order valence-electron chi connectivity index (χ3n) is 4.33. The van der Waals surface area contributed by atoms with Gasteiger partial charge in [0.05, 0.1) is 17.9 Å². The zero-order valence-corrected chi connectivity index (χ0v) is 14.6. The van der Waals surface area contributed by atoms with Crippen LogP contribution in [0.5, 0.6) is 0 Å². The van der Waals surface area contributed by atoms with Crippen LogP contribution in [0.4, 0.5) is 9.39 Å². The maximum Gasteiger partial charge on any atom is 0.162 e. The number of benzene rings is 1. The number of nitrogens with one attached hydrogen (secondary N) is 1. The van der Waals surface area contributed by atoms with Gasteiger partial charge in [0, 0.05) is 12.1 Å². The fourth-order valence-corrected chi connectivity index (χ4v) is 4.28. The highest BCUT2D eigenvalue weighted by Crippen LogP contribution is 2.41. The van der Waals surface area contributed by atoms with Gasteiger partial charge in [-0.05, 0) is 36.5 Å². The number of imidazole rings is 1. The van der Waals surface area contributed by atoms with Gasteiger partial charge in [0.15, 0.2) is 5.15 Å². The van der Waals surface area contributed by atoms with E-state index in [1.54, 1.807) is 24.4 Å². The van der Waals surface area contributed by atoms with E-state index >= 15 is 0 Å². The zero-order valence-electron chi connectivity index (χ0n) is 13.0. The van der Waals surface area contributed by atoms with E-state index in [-0.39, 0.29) is 17.0 Å². The summed E-state index contributed by atoms with van der Waals surface area (Å²) in [7, 11) is 0. The van der Waals surface area contributed by atoms with Gasteiger partial charge < -0.3 is 9.88 Å². The molecule has 0 amide bonds. The number of aromatic nitrogens is 3. The van der Waals surface area contributed by atoms with E-state index in [1.807, 2.05) is 0 Å². The molecule has 5 nitrogen and oxygen atoms in total. The molecule has 3 heterocycles. The van der Waals surface area contributed by atoms with Crippen molar-refractivity contribution >= 4 is 28.1 Å². The monoisotopic (exact) mass is 373 g/mol. The first-order chi connectivity index (χ1) is 12.2. The maximum atomic E-state index is 14.0. The summed E-state index contributed by atoms with van der Waals surface area (Å²) in [6.45, 7) is 0.799. The van der Waals surface area contributed by atoms with Crippen molar-refractivity contribution in [2.75, 3.05) is 11.4 Å². The number of nitriles is 1. The van der Waals surface area contributed by atoms with Gasteiger partial charge in [-0.1, -0.05) is 23.7 Å². The number of hydrogen-bond acceptors (Lipinski definition) is 5. The molecule has 4 rings (SSSR count). The molecule has 3 aromatic rings. The highest BCUT2D eigenvalue weighted by Gasteiger charge is 2.32. The van der Waals surface area contributed by atoms with Crippen molar-refractivity contribution in [2.24, 2.45) is 0 Å². The van der Waals surface area contributed by atoms with E-state index in [2.05, 4.69) is 25.3 Å². The molecule has 2 aromatic heterocycles. The lowest BCUT2D eigenvalue weighted by atomic mass is 10.1. The van der Waals surface area contributed by atoms with Gasteiger partial charge in [0.1, 0.15) is 28.3 Å². The van der Waals surface area contributed by atoms with E-state index in [4.69, 9.17) is 11.6 Å². The molecule has 0 radical (unpaired) electrons. The summed E-state index contributed by atoms with van der Waals surface area (Å²) in [5.41, 5.74) is 1.53. The predicted molar refractivity (Wildman–Crippen MR) is 95.1 cm³/mol. The summed E-state index contributed by atoms with van der Waals surface area (Å²) >= 11 is 7.23. The minimum atomic E-state index is -0.290. The van der Waals surface area contributed by atoms with Gasteiger partial charge in [-0.2, -0.15) is 9.64 Å². The average molecular weight is 374 g/mol. The van der Waals surface area contributed by atoms with Crippen LogP contribution in [0.25, 0.3) is 11.3 Å². The van der Waals surface area contributed by atoms with Gasteiger partial charge in [-0.3, -0.25) is 0 Å². The summed E-state index contributed by atoms with van der Waals surface area (Å²) in [6.07, 6.45) is 3.51. The molecule has 0 bridgehead atoms. The molecule has 1 unspecified atom stereocenters. The van der Waals surface area contributed by atoms with Crippen molar-refractivity contribution in [3.63, 3.8) is 0 Å². The van der Waals surface area contributed by atoms with Gasteiger partial charge in [0.25, 0.3) is 0 Å². The average Bonchev–Trinajstić information content (AvgIpc) is 3.33. The molecular formula is C17H13ClFN5S. The molecule has 1 aromatic carbocycles. The Hall–Kier alpha value is -2.43. The fourth-order valence-electron chi connectivity index (χ4n) is 3.17. The number of aromatic amines is 1. The predicted octanol–water partition coefficient (Wildman–Crippen LogP) is 4.54. The Morgan fingerprint density at radius 3 is 3.04 bits per heavy atom. The molecule has 1 aliphatic rings. The molecule has 8 heteroatoms. The molecule has 0 aliphatic carbocycles. The van der Waals surface area contributed by atoms with Gasteiger partial charge in [-0.25, -0.2) is 9.37 Å². The van der Waals surface area contributed by atoms with E-state index in [1.165, 1.54) is 17.6 Å². The number of rotatable bonds is 3. The van der Waals surface area contributed by atoms with Crippen molar-refractivity contribution in [1.29, 1.82) is 5.26 Å². The van der Waals surface area contributed by atoms with Crippen molar-refractivity contribution < 1.29 is 4.39 Å². The van der Waals surface area contributed by atoms with Crippen LogP contribution in [0.1, 0.15) is 30.3 Å². The molecular weight excluding hydrogens is 361 g/mol. The molecule has 1 atom stereocenters. The number of nitrogens with zero attached hydrogens (tertiary/aromatic N) is 4. The van der Waals surface area contributed by atoms with Gasteiger partial charge >= 0.3 is 0 Å². The lowest BCUT2D eigenvalue weighted by molar-refractivity contribution is 0.630. The number of hydrogen-bond donors (Lipinski definition) is 1. The van der Waals surface area contributed by atoms with E-state index in [9.17, 15) is 9.65 Å². The van der Waals surface area contributed by atoms with E-state index < -0.39 is 0 Å².